The lowest BCUT2D eigenvalue weighted by Crippen LogP contribution is -2.49. The number of nitrogens with one attached hydrogen (secondary N) is 3. The van der Waals surface area contributed by atoms with Crippen LogP contribution in [0.1, 0.15) is 22.3 Å². The minimum atomic E-state index is -0.555. The highest BCUT2D eigenvalue weighted by Gasteiger charge is 2.22. The number of alkyl halides is 1. The van der Waals surface area contributed by atoms with Crippen LogP contribution in [0, 0.1) is 11.6 Å². The third kappa shape index (κ3) is 18.5. The number of H-pyrrole nitrogens is 1. The van der Waals surface area contributed by atoms with Gasteiger partial charge in [0.05, 0.1) is 6.54 Å². The maximum Gasteiger partial charge on any atom is 0.373 e. The molecule has 16 nitrogen and oxygen atoms in total. The number of nitrogens with zero attached hydrogens (tertiary/aromatic N) is 7. The molecule has 5 N–H and O–H groups in total. The summed E-state index contributed by atoms with van der Waals surface area (Å²) < 4.78 is 38.8. The molecule has 376 valence electrons. The van der Waals surface area contributed by atoms with Gasteiger partial charge in [0.2, 0.25) is 0 Å². The molecule has 0 aliphatic carbocycles. The number of piperazine rings is 2. The summed E-state index contributed by atoms with van der Waals surface area (Å²) in [7, 11) is -1.02. The van der Waals surface area contributed by atoms with Gasteiger partial charge in [-0.15, -0.1) is 11.6 Å². The van der Waals surface area contributed by atoms with Crippen LogP contribution in [-0.2, 0) is 25.5 Å². The monoisotopic (exact) mass is 994 g/mol. The number of hydrogen-bond acceptors (Lipinski definition) is 14. The van der Waals surface area contributed by atoms with Crippen LogP contribution >= 0.6 is 11.6 Å². The molecule has 0 bridgehead atoms. The molecule has 0 atom stereocenters. The van der Waals surface area contributed by atoms with Crippen molar-refractivity contribution < 1.29 is 28.3 Å². The Balaban J connectivity index is 0.000000195. The third-order valence-electron chi connectivity index (χ3n) is 11.7. The smallest absolute Gasteiger partial charge is 0.373 e. The van der Waals surface area contributed by atoms with Crippen molar-refractivity contribution >= 4 is 37.3 Å². The molecule has 71 heavy (non-hydrogen) atoms. The van der Waals surface area contributed by atoms with Crippen LogP contribution < -0.4 is 40.8 Å². The number of aromatic nitrogens is 4. The molecule has 8 rings (SSSR count). The normalized spacial score (nSPS) is 13.9. The van der Waals surface area contributed by atoms with Crippen LogP contribution in [0.15, 0.2) is 131 Å². The first-order valence-corrected chi connectivity index (χ1v) is 24.3. The van der Waals surface area contributed by atoms with Gasteiger partial charge >= 0.3 is 14.1 Å². The van der Waals surface area contributed by atoms with Crippen molar-refractivity contribution in [3.8, 4) is 11.5 Å². The Morgan fingerprint density at radius 2 is 1.06 bits per heavy atom. The van der Waals surface area contributed by atoms with E-state index in [1.165, 1.54) is 30.5 Å². The van der Waals surface area contributed by atoms with Gasteiger partial charge in [-0.25, -0.2) is 18.7 Å². The van der Waals surface area contributed by atoms with E-state index < -0.39 is 14.1 Å². The van der Waals surface area contributed by atoms with Crippen LogP contribution in [0.5, 0.6) is 11.5 Å². The lowest BCUT2D eigenvalue weighted by Gasteiger charge is -2.35. The van der Waals surface area contributed by atoms with Crippen LogP contribution in [0.2, 0.25) is 13.6 Å². The molecule has 0 saturated carbocycles. The van der Waals surface area contributed by atoms with Gasteiger partial charge in [-0.2, -0.15) is 0 Å². The van der Waals surface area contributed by atoms with E-state index in [2.05, 4.69) is 35.2 Å². The highest BCUT2D eigenvalue weighted by Crippen LogP contribution is 2.15. The lowest BCUT2D eigenvalue weighted by atomic mass is 9.88. The molecule has 2 saturated heterocycles. The quantitative estimate of drug-likeness (QED) is 0.0564. The van der Waals surface area contributed by atoms with Gasteiger partial charge in [-0.1, -0.05) is 48.5 Å². The zero-order valence-electron chi connectivity index (χ0n) is 40.3. The van der Waals surface area contributed by atoms with Crippen molar-refractivity contribution in [3.05, 3.63) is 176 Å². The minimum absolute atomic E-state index is 0.0968. The lowest BCUT2D eigenvalue weighted by molar-refractivity contribution is 0.200. The summed E-state index contributed by atoms with van der Waals surface area (Å²) in [4.78, 5) is 44.6. The van der Waals surface area contributed by atoms with Gasteiger partial charge in [0.15, 0.2) is 11.6 Å². The van der Waals surface area contributed by atoms with E-state index in [0.29, 0.717) is 75.0 Å². The van der Waals surface area contributed by atoms with Crippen molar-refractivity contribution in [1.82, 2.24) is 39.8 Å². The van der Waals surface area contributed by atoms with E-state index in [1.54, 1.807) is 61.1 Å². The summed E-state index contributed by atoms with van der Waals surface area (Å²) in [6, 6.07) is 28.0. The molecule has 21 heteroatoms. The summed E-state index contributed by atoms with van der Waals surface area (Å²) in [5.74, 6) is 2.29. The van der Waals surface area contributed by atoms with Crippen molar-refractivity contribution in [2.75, 3.05) is 88.5 Å². The van der Waals surface area contributed by atoms with Crippen LogP contribution in [0.3, 0.4) is 0 Å². The average molecular weight is 995 g/mol. The topological polar surface area (TPSA) is 177 Å². The first kappa shape index (κ1) is 54.2. The molecule has 6 aromatic rings. The number of ether oxygens (including phenoxy) is 2. The molecule has 4 aromatic carbocycles. The SMILES string of the molecule is CB(O)NCc1ccc(CCl)cc1.CB(O)NCc1ccc(Cn2ccnc(N3CCN(CCOc4ccc(F)cc4)CC3)c2=O)cc1.O=c1[nH]ccnc1N1CCN(CCOc2ccc(F)cc2)CC1. The van der Waals surface area contributed by atoms with E-state index in [4.69, 9.17) is 26.1 Å². The van der Waals surface area contributed by atoms with Crippen molar-refractivity contribution in [2.24, 2.45) is 0 Å². The van der Waals surface area contributed by atoms with Crippen LogP contribution in [0.25, 0.3) is 0 Å². The summed E-state index contributed by atoms with van der Waals surface area (Å²) in [6.07, 6.45) is 6.53. The molecule has 0 spiro atoms. The molecule has 2 fully saturated rings. The largest absolute Gasteiger partial charge is 0.492 e. The second-order valence-electron chi connectivity index (χ2n) is 17.1. The Hall–Kier alpha value is -6.12. The number of anilines is 2. The highest BCUT2D eigenvalue weighted by molar-refractivity contribution is 6.45. The fourth-order valence-corrected chi connectivity index (χ4v) is 7.77. The Labute approximate surface area is 419 Å². The second-order valence-corrected chi connectivity index (χ2v) is 17.3. The van der Waals surface area contributed by atoms with Gasteiger partial charge in [0.1, 0.15) is 36.3 Å². The maximum atomic E-state index is 13.1. The van der Waals surface area contributed by atoms with Crippen LogP contribution in [-0.4, -0.2) is 132 Å². The van der Waals surface area contributed by atoms with Gasteiger partial charge in [-0.3, -0.25) is 19.4 Å². The molecule has 2 aliphatic rings. The number of halogens is 3. The number of rotatable bonds is 19. The molecule has 0 radical (unpaired) electrons. The van der Waals surface area contributed by atoms with Crippen molar-refractivity contribution in [1.29, 1.82) is 0 Å². The van der Waals surface area contributed by atoms with Crippen LogP contribution in [0.4, 0.5) is 20.4 Å². The zero-order chi connectivity index (χ0) is 50.4. The van der Waals surface area contributed by atoms with E-state index >= 15 is 0 Å². The van der Waals surface area contributed by atoms with E-state index in [1.807, 2.05) is 58.3 Å². The number of benzene rings is 4. The Kier molecular flexibility index (Phi) is 21.9. The standard InChI is InChI=1S/C25H31BFN5O3.C16H19FN4O2.C9H13BClNO/c1-26(34)29-18-20-2-4-21(5-3-20)19-32-11-10-28-24(25(32)33)31-14-12-30(13-15-31)16-17-35-23-8-6-22(27)7-9-23;17-13-1-3-14(4-2-13)23-12-11-20-7-9-21(10-8-20)15-16(22)19-6-5-18-15;1-10(13)12-7-9-4-2-8(6-11)3-5-9/h2-11,29,34H,12-19H2,1H3;1-6H,7-12H2,(H,19,22);2-5,12-13H,6-7H2,1H3. The zero-order valence-corrected chi connectivity index (χ0v) is 41.1. The van der Waals surface area contributed by atoms with Crippen molar-refractivity contribution in [2.45, 2.75) is 39.2 Å². The summed E-state index contributed by atoms with van der Waals surface area (Å²) in [5, 5.41) is 24.2. The first-order chi connectivity index (χ1) is 34.4. The predicted octanol–water partition coefficient (Wildman–Crippen LogP) is 4.57. The first-order valence-electron chi connectivity index (χ1n) is 23.8. The molecular weight excluding hydrogens is 932 g/mol. The number of hydrogen-bond donors (Lipinski definition) is 5. The fourth-order valence-electron chi connectivity index (χ4n) is 7.60. The van der Waals surface area contributed by atoms with Gasteiger partial charge in [0.25, 0.3) is 11.1 Å². The van der Waals surface area contributed by atoms with Gasteiger partial charge in [-0.05, 0) is 84.4 Å². The Morgan fingerprint density at radius 1 is 0.620 bits per heavy atom. The summed E-state index contributed by atoms with van der Waals surface area (Å²) in [6.45, 7) is 14.0. The second kappa shape index (κ2) is 28.7. The number of aromatic amines is 1. The molecule has 0 amide bonds. The van der Waals surface area contributed by atoms with E-state index in [0.717, 1.165) is 74.6 Å². The third-order valence-corrected chi connectivity index (χ3v) is 12.0. The maximum absolute atomic E-state index is 13.1. The minimum Gasteiger partial charge on any atom is -0.492 e. The Morgan fingerprint density at radius 3 is 1.51 bits per heavy atom. The summed E-state index contributed by atoms with van der Waals surface area (Å²) >= 11 is 5.65. The molecule has 2 aromatic heterocycles. The van der Waals surface area contributed by atoms with E-state index in [9.17, 15) is 23.4 Å². The van der Waals surface area contributed by atoms with Crippen molar-refractivity contribution in [3.63, 3.8) is 0 Å². The van der Waals surface area contributed by atoms with Gasteiger partial charge < -0.3 is 49.3 Å². The molecule has 0 unspecified atom stereocenters. The summed E-state index contributed by atoms with van der Waals surface area (Å²) in [5.41, 5.74) is 4.10. The predicted molar refractivity (Wildman–Crippen MR) is 277 cm³/mol. The van der Waals surface area contributed by atoms with Gasteiger partial charge in [0, 0.05) is 109 Å². The van der Waals surface area contributed by atoms with E-state index in [-0.39, 0.29) is 22.8 Å². The molecular formula is C50H63B2ClF2N10O6. The average Bonchev–Trinajstić information content (AvgIpc) is 3.38. The molecule has 4 heterocycles. The fraction of sp³-hybridized carbons (Fsp3) is 0.360. The Bertz CT molecular complexity index is 2590. The molecule has 2 aliphatic heterocycles. The highest BCUT2D eigenvalue weighted by atomic mass is 35.5.